The molecule has 0 bridgehead atoms. The van der Waals surface area contributed by atoms with Crippen molar-refractivity contribution in [2.24, 2.45) is 0 Å². The number of sulfonamides is 1. The van der Waals surface area contributed by atoms with Crippen molar-refractivity contribution >= 4 is 49.7 Å². The summed E-state index contributed by atoms with van der Waals surface area (Å²) in [4.78, 5) is 17.0. The molecule has 0 saturated carbocycles. The van der Waals surface area contributed by atoms with Crippen LogP contribution in [0.4, 0.5) is 15.2 Å². The van der Waals surface area contributed by atoms with Crippen LogP contribution in [0.2, 0.25) is 5.02 Å². The van der Waals surface area contributed by atoms with Crippen LogP contribution in [0.1, 0.15) is 24.2 Å². The minimum atomic E-state index is -3.76. The first-order chi connectivity index (χ1) is 13.7. The normalized spacial score (nSPS) is 11.5. The van der Waals surface area contributed by atoms with E-state index in [0.717, 1.165) is 17.7 Å². The molecule has 10 heteroatoms. The Hall–Kier alpha value is -2.49. The lowest BCUT2D eigenvalue weighted by atomic mass is 10.1. The Morgan fingerprint density at radius 3 is 2.66 bits per heavy atom. The lowest BCUT2D eigenvalue weighted by Crippen LogP contribution is -2.24. The third-order valence-electron chi connectivity index (χ3n) is 3.94. The van der Waals surface area contributed by atoms with Crippen LogP contribution in [0.3, 0.4) is 0 Å². The summed E-state index contributed by atoms with van der Waals surface area (Å²) in [5.74, 6) is -1.28. The second-order valence-corrected chi connectivity index (χ2v) is 9.92. The maximum atomic E-state index is 13.6. The molecule has 1 heterocycles. The number of halogens is 2. The molecular formula is C19H17ClFN3O3S2. The van der Waals surface area contributed by atoms with Gasteiger partial charge < -0.3 is 0 Å². The third-order valence-corrected chi connectivity index (χ3v) is 6.68. The number of anilines is 2. The van der Waals surface area contributed by atoms with Gasteiger partial charge in [-0.15, -0.1) is 11.3 Å². The van der Waals surface area contributed by atoms with Gasteiger partial charge in [0.15, 0.2) is 5.13 Å². The highest BCUT2D eigenvalue weighted by atomic mass is 35.5. The Balaban J connectivity index is 1.85. The highest BCUT2D eigenvalue weighted by Gasteiger charge is 2.21. The van der Waals surface area contributed by atoms with Gasteiger partial charge in [-0.25, -0.2) is 17.8 Å². The van der Waals surface area contributed by atoms with Gasteiger partial charge in [0, 0.05) is 16.0 Å². The van der Waals surface area contributed by atoms with E-state index in [1.165, 1.54) is 31.3 Å². The van der Waals surface area contributed by atoms with Gasteiger partial charge in [-0.3, -0.25) is 14.8 Å². The summed E-state index contributed by atoms with van der Waals surface area (Å²) in [7, 11) is -3.76. The molecule has 152 valence electrons. The van der Waals surface area contributed by atoms with Crippen LogP contribution >= 0.6 is 22.9 Å². The first-order valence-electron chi connectivity index (χ1n) is 8.50. The number of aromatic nitrogens is 1. The summed E-state index contributed by atoms with van der Waals surface area (Å²) in [5, 5.41) is 4.50. The number of nitrogens with zero attached hydrogens (tertiary/aromatic N) is 1. The van der Waals surface area contributed by atoms with Crippen LogP contribution < -0.4 is 10.0 Å². The zero-order valence-corrected chi connectivity index (χ0v) is 17.8. The summed E-state index contributed by atoms with van der Waals surface area (Å²) in [5.41, 5.74) is 1.27. The highest BCUT2D eigenvalue weighted by Crippen LogP contribution is 2.28. The zero-order valence-electron chi connectivity index (χ0n) is 15.4. The topological polar surface area (TPSA) is 88.2 Å². The average Bonchev–Trinajstić information content (AvgIpc) is 3.09. The number of benzene rings is 2. The lowest BCUT2D eigenvalue weighted by molar-refractivity contribution is 0.102. The fraction of sp³-hybridized carbons (Fsp3) is 0.158. The van der Waals surface area contributed by atoms with Crippen molar-refractivity contribution in [2.45, 2.75) is 19.1 Å². The summed E-state index contributed by atoms with van der Waals surface area (Å²) >= 11 is 7.19. The summed E-state index contributed by atoms with van der Waals surface area (Å²) < 4.78 is 40.2. The van der Waals surface area contributed by atoms with E-state index in [1.54, 1.807) is 23.6 Å². The quantitative estimate of drug-likeness (QED) is 0.549. The second-order valence-electron chi connectivity index (χ2n) is 6.39. The van der Waals surface area contributed by atoms with Gasteiger partial charge in [-0.05, 0) is 44.2 Å². The van der Waals surface area contributed by atoms with Gasteiger partial charge in [0.1, 0.15) is 5.82 Å². The largest absolute Gasteiger partial charge is 0.298 e. The molecule has 0 fully saturated rings. The molecule has 0 aliphatic rings. The SMILES string of the molecule is CC(C)S(=O)(=O)Nc1cc(F)ccc1C(=O)Nc1nc(-c2cccc(Cl)c2)cs1. The Morgan fingerprint density at radius 1 is 1.21 bits per heavy atom. The average molecular weight is 454 g/mol. The van der Waals surface area contributed by atoms with Crippen molar-refractivity contribution < 1.29 is 17.6 Å². The van der Waals surface area contributed by atoms with E-state index in [1.807, 2.05) is 6.07 Å². The predicted molar refractivity (Wildman–Crippen MR) is 115 cm³/mol. The van der Waals surface area contributed by atoms with Crippen LogP contribution in [-0.4, -0.2) is 24.6 Å². The molecule has 0 aliphatic heterocycles. The standard InChI is InChI=1S/C19H17ClFN3O3S2/c1-11(2)29(26,27)24-16-9-14(21)6-7-15(16)18(25)23-19-22-17(10-28-19)12-4-3-5-13(20)8-12/h3-11,24H,1-2H3,(H,22,23,25). The van der Waals surface area contributed by atoms with E-state index in [-0.39, 0.29) is 11.3 Å². The van der Waals surface area contributed by atoms with Gasteiger partial charge in [0.25, 0.3) is 5.91 Å². The minimum Gasteiger partial charge on any atom is -0.298 e. The van der Waals surface area contributed by atoms with Gasteiger partial charge in [0.05, 0.1) is 22.2 Å². The van der Waals surface area contributed by atoms with E-state index in [4.69, 9.17) is 11.6 Å². The summed E-state index contributed by atoms with van der Waals surface area (Å²) in [6, 6.07) is 10.4. The predicted octanol–water partition coefficient (Wildman–Crippen LogP) is 5.01. The molecule has 29 heavy (non-hydrogen) atoms. The van der Waals surface area contributed by atoms with Crippen molar-refractivity contribution in [3.63, 3.8) is 0 Å². The van der Waals surface area contributed by atoms with E-state index in [9.17, 15) is 17.6 Å². The number of carbonyl (C=O) groups is 1. The molecule has 0 spiro atoms. The Kier molecular flexibility index (Phi) is 6.21. The first kappa shape index (κ1) is 21.2. The molecule has 0 atom stereocenters. The maximum absolute atomic E-state index is 13.6. The molecule has 0 saturated heterocycles. The van der Waals surface area contributed by atoms with Gasteiger partial charge in [-0.1, -0.05) is 23.7 Å². The Morgan fingerprint density at radius 2 is 1.97 bits per heavy atom. The molecule has 3 aromatic rings. The van der Waals surface area contributed by atoms with Gasteiger partial charge in [0.2, 0.25) is 10.0 Å². The number of hydrogen-bond acceptors (Lipinski definition) is 5. The number of amides is 1. The maximum Gasteiger partial charge on any atom is 0.259 e. The van der Waals surface area contributed by atoms with Crippen molar-refractivity contribution in [3.05, 3.63) is 64.2 Å². The second kappa shape index (κ2) is 8.48. The molecule has 0 unspecified atom stereocenters. The van der Waals surface area contributed by atoms with Crippen LogP contribution in [0.25, 0.3) is 11.3 Å². The molecule has 3 rings (SSSR count). The number of carbonyl (C=O) groups excluding carboxylic acids is 1. The number of rotatable bonds is 6. The summed E-state index contributed by atoms with van der Waals surface area (Å²) in [6.45, 7) is 2.96. The fourth-order valence-electron chi connectivity index (χ4n) is 2.35. The smallest absolute Gasteiger partial charge is 0.259 e. The van der Waals surface area contributed by atoms with Gasteiger partial charge in [-0.2, -0.15) is 0 Å². The molecule has 2 aromatic carbocycles. The van der Waals surface area contributed by atoms with Crippen LogP contribution in [0.5, 0.6) is 0 Å². The van der Waals surface area contributed by atoms with Crippen molar-refractivity contribution in [1.82, 2.24) is 4.98 Å². The van der Waals surface area contributed by atoms with E-state index in [2.05, 4.69) is 15.0 Å². The molecule has 1 aromatic heterocycles. The number of thiazole rings is 1. The minimum absolute atomic E-state index is 0.0184. The zero-order chi connectivity index (χ0) is 21.2. The number of nitrogens with one attached hydrogen (secondary N) is 2. The van der Waals surface area contributed by atoms with E-state index in [0.29, 0.717) is 15.8 Å². The Bertz CT molecular complexity index is 1160. The van der Waals surface area contributed by atoms with Gasteiger partial charge >= 0.3 is 0 Å². The van der Waals surface area contributed by atoms with Crippen molar-refractivity contribution in [1.29, 1.82) is 0 Å². The number of hydrogen-bond donors (Lipinski definition) is 2. The lowest BCUT2D eigenvalue weighted by Gasteiger charge is -2.14. The monoisotopic (exact) mass is 453 g/mol. The van der Waals surface area contributed by atoms with E-state index >= 15 is 0 Å². The molecule has 2 N–H and O–H groups in total. The van der Waals surface area contributed by atoms with Crippen LogP contribution in [0.15, 0.2) is 47.8 Å². The van der Waals surface area contributed by atoms with Crippen LogP contribution in [-0.2, 0) is 10.0 Å². The highest BCUT2D eigenvalue weighted by molar-refractivity contribution is 7.93. The van der Waals surface area contributed by atoms with Crippen molar-refractivity contribution in [2.75, 3.05) is 10.0 Å². The van der Waals surface area contributed by atoms with E-state index < -0.39 is 27.0 Å². The van der Waals surface area contributed by atoms with Crippen LogP contribution in [0, 0.1) is 5.82 Å². The first-order valence-corrected chi connectivity index (χ1v) is 11.3. The molecule has 0 aliphatic carbocycles. The molecule has 0 radical (unpaired) electrons. The fourth-order valence-corrected chi connectivity index (χ4v) is 3.96. The summed E-state index contributed by atoms with van der Waals surface area (Å²) in [6.07, 6.45) is 0. The molecule has 6 nitrogen and oxygen atoms in total. The third kappa shape index (κ3) is 5.11. The molecule has 1 amide bonds. The Labute approximate surface area is 176 Å². The van der Waals surface area contributed by atoms with Crippen molar-refractivity contribution in [3.8, 4) is 11.3 Å². The molecular weight excluding hydrogens is 437 g/mol.